The number of nitrogens with zero attached hydrogens (tertiary/aromatic N) is 2. The molecule has 17 heavy (non-hydrogen) atoms. The van der Waals surface area contributed by atoms with Gasteiger partial charge in [-0.3, -0.25) is 0 Å². The molecule has 2 aromatic rings. The molecule has 3 heteroatoms. The van der Waals surface area contributed by atoms with Crippen LogP contribution in [-0.4, -0.2) is 9.55 Å². The summed E-state index contributed by atoms with van der Waals surface area (Å²) in [6, 6.07) is 8.32. The molecular formula is C14H19N3. The molecule has 0 aliphatic carbocycles. The fraction of sp³-hybridized carbons (Fsp3) is 0.357. The van der Waals surface area contributed by atoms with Crippen molar-refractivity contribution in [3.63, 3.8) is 0 Å². The van der Waals surface area contributed by atoms with Gasteiger partial charge in [0.05, 0.1) is 0 Å². The number of nitrogens with two attached hydrogens (primary N) is 1. The molecule has 2 rings (SSSR count). The molecule has 0 fully saturated rings. The van der Waals surface area contributed by atoms with Crippen molar-refractivity contribution in [2.24, 2.45) is 0 Å². The molecule has 0 saturated heterocycles. The van der Waals surface area contributed by atoms with Crippen LogP contribution in [0, 0.1) is 6.92 Å². The molecule has 0 spiro atoms. The lowest BCUT2D eigenvalue weighted by Crippen LogP contribution is -2.02. The zero-order valence-electron chi connectivity index (χ0n) is 10.7. The minimum absolute atomic E-state index is 0.769. The van der Waals surface area contributed by atoms with E-state index in [4.69, 9.17) is 5.73 Å². The first-order valence-electron chi connectivity index (χ1n) is 6.09. The van der Waals surface area contributed by atoms with Gasteiger partial charge in [-0.1, -0.05) is 31.2 Å². The quantitative estimate of drug-likeness (QED) is 0.879. The van der Waals surface area contributed by atoms with Crippen LogP contribution in [0.15, 0.2) is 24.3 Å². The molecule has 1 heterocycles. The summed E-state index contributed by atoms with van der Waals surface area (Å²) < 4.78 is 2.04. The Morgan fingerprint density at radius 2 is 1.94 bits per heavy atom. The number of aryl methyl sites for hydroxylation is 2. The summed E-state index contributed by atoms with van der Waals surface area (Å²) in [6.07, 6.45) is 0.994. The first-order valence-corrected chi connectivity index (χ1v) is 6.09. The normalized spacial score (nSPS) is 10.8. The molecule has 90 valence electrons. The van der Waals surface area contributed by atoms with Gasteiger partial charge in [-0.15, -0.1) is 0 Å². The topological polar surface area (TPSA) is 43.8 Å². The predicted molar refractivity (Wildman–Crippen MR) is 71.9 cm³/mol. The maximum atomic E-state index is 6.17. The van der Waals surface area contributed by atoms with Gasteiger partial charge >= 0.3 is 0 Å². The van der Waals surface area contributed by atoms with Gasteiger partial charge in [0.15, 0.2) is 0 Å². The van der Waals surface area contributed by atoms with Crippen LogP contribution in [0.5, 0.6) is 0 Å². The summed E-state index contributed by atoms with van der Waals surface area (Å²) >= 11 is 0. The van der Waals surface area contributed by atoms with Gasteiger partial charge in [0.25, 0.3) is 0 Å². The van der Waals surface area contributed by atoms with E-state index in [1.165, 1.54) is 5.56 Å². The molecule has 0 saturated carbocycles. The van der Waals surface area contributed by atoms with Crippen molar-refractivity contribution in [3.05, 3.63) is 35.7 Å². The SMILES string of the molecule is CCc1ccccc1-c1nc(C)n(CC)c1N. The first kappa shape index (κ1) is 11.7. The van der Waals surface area contributed by atoms with Crippen LogP contribution in [0.4, 0.5) is 5.82 Å². The number of hydrogen-bond donors (Lipinski definition) is 1. The maximum absolute atomic E-state index is 6.17. The molecule has 0 radical (unpaired) electrons. The number of rotatable bonds is 3. The largest absolute Gasteiger partial charge is 0.383 e. The molecule has 2 N–H and O–H groups in total. The summed E-state index contributed by atoms with van der Waals surface area (Å²) in [4.78, 5) is 4.60. The van der Waals surface area contributed by atoms with Gasteiger partial charge in [-0.25, -0.2) is 4.98 Å². The third-order valence-corrected chi connectivity index (χ3v) is 3.17. The number of anilines is 1. The number of aromatic nitrogens is 2. The van der Waals surface area contributed by atoms with E-state index in [1.54, 1.807) is 0 Å². The zero-order valence-corrected chi connectivity index (χ0v) is 10.7. The van der Waals surface area contributed by atoms with Crippen LogP contribution in [0.3, 0.4) is 0 Å². The van der Waals surface area contributed by atoms with Gasteiger partial charge in [-0.05, 0) is 25.8 Å². The summed E-state index contributed by atoms with van der Waals surface area (Å²) in [5, 5.41) is 0. The van der Waals surface area contributed by atoms with Gasteiger partial charge in [0.1, 0.15) is 17.3 Å². The van der Waals surface area contributed by atoms with Crippen LogP contribution >= 0.6 is 0 Å². The van der Waals surface area contributed by atoms with Gasteiger partial charge in [-0.2, -0.15) is 0 Å². The van der Waals surface area contributed by atoms with Gasteiger partial charge in [0, 0.05) is 12.1 Å². The zero-order chi connectivity index (χ0) is 12.4. The van der Waals surface area contributed by atoms with Crippen molar-refractivity contribution in [1.29, 1.82) is 0 Å². The summed E-state index contributed by atoms with van der Waals surface area (Å²) in [7, 11) is 0. The van der Waals surface area contributed by atoms with Crippen LogP contribution in [-0.2, 0) is 13.0 Å². The Hall–Kier alpha value is -1.77. The Bertz CT molecular complexity index is 526. The molecule has 3 nitrogen and oxygen atoms in total. The lowest BCUT2D eigenvalue weighted by molar-refractivity contribution is 0.739. The van der Waals surface area contributed by atoms with Crippen molar-refractivity contribution in [3.8, 4) is 11.3 Å². The number of hydrogen-bond acceptors (Lipinski definition) is 2. The Labute approximate surface area is 102 Å². The molecular weight excluding hydrogens is 210 g/mol. The van der Waals surface area contributed by atoms with E-state index in [0.717, 1.165) is 35.9 Å². The second-order valence-electron chi connectivity index (χ2n) is 4.15. The van der Waals surface area contributed by atoms with E-state index in [1.807, 2.05) is 17.6 Å². The smallest absolute Gasteiger partial charge is 0.131 e. The highest BCUT2D eigenvalue weighted by Crippen LogP contribution is 2.29. The second-order valence-corrected chi connectivity index (χ2v) is 4.15. The van der Waals surface area contributed by atoms with E-state index < -0.39 is 0 Å². The third kappa shape index (κ3) is 1.93. The Kier molecular flexibility index (Phi) is 3.18. The van der Waals surface area contributed by atoms with Crippen molar-refractivity contribution in [2.45, 2.75) is 33.7 Å². The molecule has 0 aliphatic heterocycles. The number of nitrogen functional groups attached to an aromatic ring is 1. The molecule has 1 aromatic carbocycles. The monoisotopic (exact) mass is 229 g/mol. The fourth-order valence-electron chi connectivity index (χ4n) is 2.24. The van der Waals surface area contributed by atoms with Crippen LogP contribution < -0.4 is 5.73 Å². The average Bonchev–Trinajstić information content (AvgIpc) is 2.64. The standard InChI is InChI=1S/C14H19N3/c1-4-11-8-6-7-9-12(11)13-14(15)17(5-2)10(3)16-13/h6-9H,4-5,15H2,1-3H3. The average molecular weight is 229 g/mol. The third-order valence-electron chi connectivity index (χ3n) is 3.17. The highest BCUT2D eigenvalue weighted by atomic mass is 15.1. The van der Waals surface area contributed by atoms with Crippen LogP contribution in [0.2, 0.25) is 0 Å². The maximum Gasteiger partial charge on any atom is 0.131 e. The molecule has 0 amide bonds. The highest BCUT2D eigenvalue weighted by Gasteiger charge is 2.14. The molecule has 0 bridgehead atoms. The van der Waals surface area contributed by atoms with E-state index in [0.29, 0.717) is 0 Å². The van der Waals surface area contributed by atoms with E-state index in [-0.39, 0.29) is 0 Å². The minimum Gasteiger partial charge on any atom is -0.383 e. The van der Waals surface area contributed by atoms with Crippen molar-refractivity contribution < 1.29 is 0 Å². The van der Waals surface area contributed by atoms with Crippen LogP contribution in [0.25, 0.3) is 11.3 Å². The van der Waals surface area contributed by atoms with Gasteiger partial charge < -0.3 is 10.3 Å². The second kappa shape index (κ2) is 4.62. The van der Waals surface area contributed by atoms with Gasteiger partial charge in [0.2, 0.25) is 0 Å². The lowest BCUT2D eigenvalue weighted by Gasteiger charge is -2.07. The summed E-state index contributed by atoms with van der Waals surface area (Å²) in [5.41, 5.74) is 9.54. The van der Waals surface area contributed by atoms with E-state index in [9.17, 15) is 0 Å². The Morgan fingerprint density at radius 3 is 2.53 bits per heavy atom. The molecule has 1 aromatic heterocycles. The highest BCUT2D eigenvalue weighted by molar-refractivity contribution is 5.73. The van der Waals surface area contributed by atoms with Crippen molar-refractivity contribution in [1.82, 2.24) is 9.55 Å². The summed E-state index contributed by atoms with van der Waals surface area (Å²) in [5.74, 6) is 1.75. The van der Waals surface area contributed by atoms with Crippen LogP contribution in [0.1, 0.15) is 25.2 Å². The lowest BCUT2D eigenvalue weighted by atomic mass is 10.0. The van der Waals surface area contributed by atoms with E-state index >= 15 is 0 Å². The minimum atomic E-state index is 0.769. The molecule has 0 aliphatic rings. The van der Waals surface area contributed by atoms with E-state index in [2.05, 4.69) is 37.0 Å². The fourth-order valence-corrected chi connectivity index (χ4v) is 2.24. The Morgan fingerprint density at radius 1 is 1.24 bits per heavy atom. The number of benzene rings is 1. The Balaban J connectivity index is 2.61. The molecule has 0 unspecified atom stereocenters. The van der Waals surface area contributed by atoms with Crippen molar-refractivity contribution >= 4 is 5.82 Å². The summed E-state index contributed by atoms with van der Waals surface area (Å²) in [6.45, 7) is 7.09. The molecule has 0 atom stereocenters. The predicted octanol–water partition coefficient (Wildman–Crippen LogP) is 3.02. The van der Waals surface area contributed by atoms with Crippen molar-refractivity contribution in [2.75, 3.05) is 5.73 Å². The first-order chi connectivity index (χ1) is 8.19. The number of imidazole rings is 1.